The van der Waals surface area contributed by atoms with Crippen molar-refractivity contribution in [3.05, 3.63) is 39.7 Å². The molecular formula is C20H28N2O2. The summed E-state index contributed by atoms with van der Waals surface area (Å²) < 4.78 is 5.69. The van der Waals surface area contributed by atoms with Gasteiger partial charge in [-0.15, -0.1) is 0 Å². The molecule has 2 heterocycles. The number of hydrogen-bond acceptors (Lipinski definition) is 3. The number of pyridine rings is 1. The maximum absolute atomic E-state index is 13.0. The van der Waals surface area contributed by atoms with Gasteiger partial charge < -0.3 is 9.72 Å². The van der Waals surface area contributed by atoms with Crippen LogP contribution >= 0.6 is 0 Å². The van der Waals surface area contributed by atoms with Crippen molar-refractivity contribution in [3.63, 3.8) is 0 Å². The minimum atomic E-state index is 0.140. The second-order valence-electron chi connectivity index (χ2n) is 7.10. The molecular weight excluding hydrogens is 300 g/mol. The number of nitrogens with one attached hydrogen (secondary N) is 1. The second-order valence-corrected chi connectivity index (χ2v) is 7.10. The molecule has 130 valence electrons. The first-order valence-electron chi connectivity index (χ1n) is 9.09. The number of rotatable bonds is 5. The number of piperidine rings is 1. The van der Waals surface area contributed by atoms with E-state index >= 15 is 0 Å². The summed E-state index contributed by atoms with van der Waals surface area (Å²) in [5.74, 6) is 1.49. The highest BCUT2D eigenvalue weighted by molar-refractivity contribution is 5.81. The number of benzene rings is 1. The molecule has 0 aliphatic carbocycles. The summed E-state index contributed by atoms with van der Waals surface area (Å²) in [6.07, 6.45) is 3.48. The zero-order valence-electron chi connectivity index (χ0n) is 15.0. The van der Waals surface area contributed by atoms with Gasteiger partial charge in [-0.1, -0.05) is 13.8 Å². The van der Waals surface area contributed by atoms with Gasteiger partial charge in [0.15, 0.2) is 5.43 Å². The van der Waals surface area contributed by atoms with Crippen LogP contribution in [-0.2, 0) is 6.54 Å². The van der Waals surface area contributed by atoms with Crippen molar-refractivity contribution >= 4 is 10.9 Å². The van der Waals surface area contributed by atoms with Crippen molar-refractivity contribution in [2.75, 3.05) is 19.7 Å². The molecule has 4 heteroatoms. The molecule has 1 aliphatic rings. The first-order valence-corrected chi connectivity index (χ1v) is 9.09. The fourth-order valence-electron chi connectivity index (χ4n) is 3.58. The Morgan fingerprint density at radius 1 is 1.38 bits per heavy atom. The fourth-order valence-corrected chi connectivity index (χ4v) is 3.58. The smallest absolute Gasteiger partial charge is 0.194 e. The van der Waals surface area contributed by atoms with Crippen LogP contribution in [0.4, 0.5) is 0 Å². The Bertz CT molecular complexity index is 766. The first-order chi connectivity index (χ1) is 11.6. The Kier molecular flexibility index (Phi) is 5.24. The number of H-pyrrole nitrogens is 1. The van der Waals surface area contributed by atoms with Crippen LogP contribution < -0.4 is 10.2 Å². The van der Waals surface area contributed by atoms with E-state index in [9.17, 15) is 4.79 Å². The van der Waals surface area contributed by atoms with Crippen LogP contribution in [0, 0.1) is 12.8 Å². The lowest BCUT2D eigenvalue weighted by atomic mass is 9.99. The van der Waals surface area contributed by atoms with E-state index in [4.69, 9.17) is 4.74 Å². The van der Waals surface area contributed by atoms with E-state index < -0.39 is 0 Å². The van der Waals surface area contributed by atoms with Gasteiger partial charge in [0, 0.05) is 35.2 Å². The van der Waals surface area contributed by atoms with Crippen LogP contribution in [0.25, 0.3) is 10.9 Å². The molecule has 1 saturated heterocycles. The summed E-state index contributed by atoms with van der Waals surface area (Å²) in [5.41, 5.74) is 2.90. The maximum atomic E-state index is 13.0. The third-order valence-corrected chi connectivity index (χ3v) is 4.88. The molecule has 1 unspecified atom stereocenters. The average Bonchev–Trinajstić information content (AvgIpc) is 2.57. The topological polar surface area (TPSA) is 45.3 Å². The molecule has 4 nitrogen and oxygen atoms in total. The molecule has 1 fully saturated rings. The third kappa shape index (κ3) is 3.64. The maximum Gasteiger partial charge on any atom is 0.194 e. The summed E-state index contributed by atoms with van der Waals surface area (Å²) >= 11 is 0. The number of likely N-dealkylation sites (tertiary alicyclic amines) is 1. The quantitative estimate of drug-likeness (QED) is 0.906. The molecule has 0 radical (unpaired) electrons. The van der Waals surface area contributed by atoms with Crippen molar-refractivity contribution in [3.8, 4) is 5.75 Å². The van der Waals surface area contributed by atoms with E-state index in [0.717, 1.165) is 54.0 Å². The van der Waals surface area contributed by atoms with Gasteiger partial charge in [-0.3, -0.25) is 9.69 Å². The van der Waals surface area contributed by atoms with Crippen LogP contribution in [0.1, 0.15) is 44.4 Å². The van der Waals surface area contributed by atoms with E-state index in [1.165, 1.54) is 12.8 Å². The monoisotopic (exact) mass is 328 g/mol. The van der Waals surface area contributed by atoms with Crippen LogP contribution in [0.5, 0.6) is 5.75 Å². The highest BCUT2D eigenvalue weighted by Crippen LogP contribution is 2.21. The molecule has 3 rings (SSSR count). The zero-order chi connectivity index (χ0) is 17.1. The van der Waals surface area contributed by atoms with E-state index in [1.54, 1.807) is 0 Å². The molecule has 0 amide bonds. The van der Waals surface area contributed by atoms with E-state index in [-0.39, 0.29) is 5.43 Å². The van der Waals surface area contributed by atoms with Crippen molar-refractivity contribution in [2.45, 2.75) is 46.6 Å². The van der Waals surface area contributed by atoms with Gasteiger partial charge in [0.25, 0.3) is 0 Å². The molecule has 24 heavy (non-hydrogen) atoms. The van der Waals surface area contributed by atoms with Crippen LogP contribution in [0.15, 0.2) is 23.0 Å². The van der Waals surface area contributed by atoms with Gasteiger partial charge >= 0.3 is 0 Å². The number of aryl methyl sites for hydroxylation is 1. The zero-order valence-corrected chi connectivity index (χ0v) is 15.0. The van der Waals surface area contributed by atoms with Crippen molar-refractivity contribution in [1.29, 1.82) is 0 Å². The van der Waals surface area contributed by atoms with E-state index in [2.05, 4.69) is 23.7 Å². The van der Waals surface area contributed by atoms with Crippen LogP contribution in [0.2, 0.25) is 0 Å². The molecule has 1 aromatic heterocycles. The Hall–Kier alpha value is -1.81. The Labute approximate surface area is 143 Å². The predicted molar refractivity (Wildman–Crippen MR) is 98.8 cm³/mol. The minimum Gasteiger partial charge on any atom is -0.494 e. The number of fused-ring (bicyclic) bond motifs is 1. The summed E-state index contributed by atoms with van der Waals surface area (Å²) in [6, 6.07) is 5.76. The standard InChI is InChI=1S/C20H28N2O2/c1-4-10-24-16-7-8-19-17(11-16)20(23)18(15(3)21-19)13-22-9-5-6-14(2)12-22/h7-8,11,14H,4-6,9-10,12-13H2,1-3H3,(H,21,23). The SMILES string of the molecule is CCCOc1ccc2[nH]c(C)c(CN3CCCC(C)C3)c(=O)c2c1. The number of aromatic amines is 1. The fraction of sp³-hybridized carbons (Fsp3) is 0.550. The molecule has 1 aromatic carbocycles. The summed E-state index contributed by atoms with van der Waals surface area (Å²) in [7, 11) is 0. The van der Waals surface area contributed by atoms with Crippen LogP contribution in [0.3, 0.4) is 0 Å². The van der Waals surface area contributed by atoms with Gasteiger partial charge in [-0.05, 0) is 56.8 Å². The number of hydrogen-bond donors (Lipinski definition) is 1. The minimum absolute atomic E-state index is 0.140. The summed E-state index contributed by atoms with van der Waals surface area (Å²) in [5, 5.41) is 0.731. The van der Waals surface area contributed by atoms with E-state index in [0.29, 0.717) is 12.5 Å². The third-order valence-electron chi connectivity index (χ3n) is 4.88. The van der Waals surface area contributed by atoms with Crippen molar-refractivity contribution in [2.24, 2.45) is 5.92 Å². The Morgan fingerprint density at radius 2 is 2.21 bits per heavy atom. The molecule has 0 bridgehead atoms. The molecule has 1 aliphatic heterocycles. The van der Waals surface area contributed by atoms with Gasteiger partial charge in [0.1, 0.15) is 5.75 Å². The number of nitrogens with zero attached hydrogens (tertiary/aromatic N) is 1. The number of aromatic nitrogens is 1. The van der Waals surface area contributed by atoms with Gasteiger partial charge in [-0.2, -0.15) is 0 Å². The van der Waals surface area contributed by atoms with Crippen molar-refractivity contribution < 1.29 is 4.74 Å². The molecule has 2 aromatic rings. The lowest BCUT2D eigenvalue weighted by Crippen LogP contribution is -2.35. The Balaban J connectivity index is 1.93. The first kappa shape index (κ1) is 17.0. The lowest BCUT2D eigenvalue weighted by molar-refractivity contribution is 0.176. The van der Waals surface area contributed by atoms with Gasteiger partial charge in [-0.25, -0.2) is 0 Å². The van der Waals surface area contributed by atoms with Gasteiger partial charge in [0.05, 0.1) is 6.61 Å². The largest absolute Gasteiger partial charge is 0.494 e. The predicted octanol–water partition coefficient (Wildman–Crippen LogP) is 3.86. The van der Waals surface area contributed by atoms with Crippen molar-refractivity contribution in [1.82, 2.24) is 9.88 Å². The summed E-state index contributed by atoms with van der Waals surface area (Å²) in [6.45, 7) is 9.95. The lowest BCUT2D eigenvalue weighted by Gasteiger charge is -2.31. The normalized spacial score (nSPS) is 18.9. The highest BCUT2D eigenvalue weighted by atomic mass is 16.5. The average molecular weight is 328 g/mol. The highest BCUT2D eigenvalue weighted by Gasteiger charge is 2.19. The van der Waals surface area contributed by atoms with E-state index in [1.807, 2.05) is 25.1 Å². The second kappa shape index (κ2) is 7.39. The van der Waals surface area contributed by atoms with Crippen LogP contribution in [-0.4, -0.2) is 29.6 Å². The number of ether oxygens (including phenoxy) is 1. The molecule has 1 N–H and O–H groups in total. The molecule has 0 saturated carbocycles. The molecule has 1 atom stereocenters. The summed E-state index contributed by atoms with van der Waals surface area (Å²) in [4.78, 5) is 18.8. The Morgan fingerprint density at radius 3 is 2.96 bits per heavy atom. The van der Waals surface area contributed by atoms with Gasteiger partial charge in [0.2, 0.25) is 0 Å². The molecule has 0 spiro atoms.